The average Bonchev–Trinajstić information content (AvgIpc) is 3.40. The minimum absolute atomic E-state index is 0.283. The first kappa shape index (κ1) is 19.7. The van der Waals surface area contributed by atoms with E-state index in [2.05, 4.69) is 26.7 Å². The highest BCUT2D eigenvalue weighted by atomic mass is 16.4. The molecule has 0 fully saturated rings. The molecule has 0 saturated carbocycles. The summed E-state index contributed by atoms with van der Waals surface area (Å²) in [7, 11) is 3.72. The van der Waals surface area contributed by atoms with Crippen LogP contribution in [0.15, 0.2) is 59.3 Å². The zero-order chi connectivity index (χ0) is 22.2. The number of carbonyl (C=O) groups excluding carboxylic acids is 1. The fourth-order valence-electron chi connectivity index (χ4n) is 4.03. The van der Waals surface area contributed by atoms with Crippen LogP contribution in [0.3, 0.4) is 0 Å². The largest absolute Gasteiger partial charge is 0.418 e. The number of pyridine rings is 1. The van der Waals surface area contributed by atoms with E-state index in [1.165, 1.54) is 0 Å². The van der Waals surface area contributed by atoms with Crippen LogP contribution in [-0.2, 0) is 11.8 Å². The van der Waals surface area contributed by atoms with Crippen molar-refractivity contribution in [1.29, 1.82) is 0 Å². The normalized spacial score (nSPS) is 12.2. The van der Waals surface area contributed by atoms with Crippen molar-refractivity contribution in [1.82, 2.24) is 24.8 Å². The van der Waals surface area contributed by atoms with Gasteiger partial charge in [-0.1, -0.05) is 42.0 Å². The zero-order valence-electron chi connectivity index (χ0n) is 18.0. The lowest BCUT2D eigenvalue weighted by molar-refractivity contribution is -0.110. The van der Waals surface area contributed by atoms with Gasteiger partial charge in [0.25, 0.3) is 5.71 Å². The summed E-state index contributed by atoms with van der Waals surface area (Å²) in [4.78, 5) is 25.1. The first-order chi connectivity index (χ1) is 15.6. The molecule has 5 rings (SSSR count). The minimum Gasteiger partial charge on any atom is -0.418 e. The number of imidazole rings is 1. The Hall–Kier alpha value is -4.20. The second-order valence-electron chi connectivity index (χ2n) is 7.69. The van der Waals surface area contributed by atoms with Gasteiger partial charge < -0.3 is 19.6 Å². The van der Waals surface area contributed by atoms with Crippen LogP contribution in [0.1, 0.15) is 22.7 Å². The maximum absolute atomic E-state index is 11.3. The molecule has 2 N–H and O–H groups in total. The van der Waals surface area contributed by atoms with E-state index >= 15 is 0 Å². The molecule has 1 unspecified atom stereocenters. The highest BCUT2D eigenvalue weighted by Gasteiger charge is 2.20. The molecule has 5 aromatic rings. The number of nitrogens with zero attached hydrogens (tertiary/aromatic N) is 4. The Bertz CT molecular complexity index is 1450. The number of carbonyl (C=O) groups is 1. The molecule has 0 aliphatic carbocycles. The molecule has 8 nitrogen and oxygen atoms in total. The number of nitrogens with one attached hydrogen (secondary N) is 2. The Morgan fingerprint density at radius 1 is 1.06 bits per heavy atom. The van der Waals surface area contributed by atoms with Crippen LogP contribution >= 0.6 is 0 Å². The summed E-state index contributed by atoms with van der Waals surface area (Å²) in [5.41, 5.74) is 6.54. The summed E-state index contributed by atoms with van der Waals surface area (Å²) in [6.45, 7) is 2.03. The van der Waals surface area contributed by atoms with Crippen LogP contribution in [0, 0.1) is 6.92 Å². The Morgan fingerprint density at radius 3 is 2.59 bits per heavy atom. The summed E-state index contributed by atoms with van der Waals surface area (Å²) in [5, 5.41) is 6.00. The Morgan fingerprint density at radius 2 is 1.84 bits per heavy atom. The predicted octanol–water partition coefficient (Wildman–Crippen LogP) is 3.96. The van der Waals surface area contributed by atoms with Crippen molar-refractivity contribution >= 4 is 34.5 Å². The van der Waals surface area contributed by atoms with Gasteiger partial charge in [-0.2, -0.15) is 4.98 Å². The molecule has 0 saturated heterocycles. The highest BCUT2D eigenvalue weighted by Crippen LogP contribution is 2.32. The first-order valence-electron chi connectivity index (χ1n) is 10.2. The third-order valence-electron chi connectivity index (χ3n) is 5.52. The molecule has 1 amide bonds. The fourth-order valence-corrected chi connectivity index (χ4v) is 4.03. The van der Waals surface area contributed by atoms with Gasteiger partial charge in [-0.3, -0.25) is 4.79 Å². The fraction of sp³-hybridized carbons (Fsp3) is 0.167. The number of benzene rings is 2. The molecular formula is C24H22N6O2. The lowest BCUT2D eigenvalue weighted by Gasteiger charge is -2.18. The van der Waals surface area contributed by atoms with Crippen molar-refractivity contribution in [3.8, 4) is 11.5 Å². The Kier molecular flexibility index (Phi) is 4.82. The molecule has 3 heterocycles. The van der Waals surface area contributed by atoms with Gasteiger partial charge in [0.15, 0.2) is 11.3 Å². The van der Waals surface area contributed by atoms with Crippen molar-refractivity contribution < 1.29 is 9.21 Å². The summed E-state index contributed by atoms with van der Waals surface area (Å²) in [6, 6.07) is 15.6. The van der Waals surface area contributed by atoms with E-state index < -0.39 is 0 Å². The van der Waals surface area contributed by atoms with E-state index in [9.17, 15) is 4.79 Å². The highest BCUT2D eigenvalue weighted by molar-refractivity contribution is 6.03. The molecule has 0 aliphatic heterocycles. The Balaban J connectivity index is 1.63. The second kappa shape index (κ2) is 7.81. The van der Waals surface area contributed by atoms with E-state index in [0.717, 1.165) is 39.7 Å². The number of anilines is 1. The summed E-state index contributed by atoms with van der Waals surface area (Å²) in [5.74, 6) is 1.10. The number of aryl methyl sites for hydroxylation is 2. The lowest BCUT2D eigenvalue weighted by atomic mass is 9.96. The van der Waals surface area contributed by atoms with Crippen LogP contribution in [0.25, 0.3) is 33.7 Å². The molecule has 0 spiro atoms. The summed E-state index contributed by atoms with van der Waals surface area (Å²) in [6.07, 6.45) is 2.46. The van der Waals surface area contributed by atoms with Gasteiger partial charge in [-0.15, -0.1) is 0 Å². The summed E-state index contributed by atoms with van der Waals surface area (Å²) >= 11 is 0. The lowest BCUT2D eigenvalue weighted by Crippen LogP contribution is -2.20. The number of oxazole rings is 1. The van der Waals surface area contributed by atoms with Crippen LogP contribution in [-0.4, -0.2) is 33.0 Å². The van der Waals surface area contributed by atoms with Gasteiger partial charge in [0.05, 0.1) is 12.4 Å². The van der Waals surface area contributed by atoms with Crippen molar-refractivity contribution in [3.63, 3.8) is 0 Å². The van der Waals surface area contributed by atoms with Crippen LogP contribution in [0.4, 0.5) is 5.82 Å². The Labute approximate surface area is 184 Å². The molecule has 160 valence electrons. The van der Waals surface area contributed by atoms with Gasteiger partial charge >= 0.3 is 0 Å². The number of hydrogen-bond donors (Lipinski definition) is 2. The number of rotatable bonds is 6. The van der Waals surface area contributed by atoms with Crippen LogP contribution in [0.2, 0.25) is 0 Å². The average molecular weight is 426 g/mol. The monoisotopic (exact) mass is 426 g/mol. The van der Waals surface area contributed by atoms with Crippen LogP contribution in [0.5, 0.6) is 0 Å². The van der Waals surface area contributed by atoms with Gasteiger partial charge in [-0.25, -0.2) is 9.97 Å². The molecule has 8 heteroatoms. The van der Waals surface area contributed by atoms with E-state index in [1.54, 1.807) is 13.4 Å². The third-order valence-corrected chi connectivity index (χ3v) is 5.52. The zero-order valence-corrected chi connectivity index (χ0v) is 18.0. The second-order valence-corrected chi connectivity index (χ2v) is 7.69. The van der Waals surface area contributed by atoms with E-state index in [4.69, 9.17) is 9.40 Å². The van der Waals surface area contributed by atoms with E-state index in [-0.39, 0.29) is 6.04 Å². The molecule has 2 aromatic carbocycles. The number of aromatic nitrogens is 4. The predicted molar refractivity (Wildman–Crippen MR) is 123 cm³/mol. The number of amides is 1. The van der Waals surface area contributed by atoms with E-state index in [1.807, 2.05) is 61.0 Å². The van der Waals surface area contributed by atoms with Crippen molar-refractivity contribution in [2.45, 2.75) is 13.0 Å². The van der Waals surface area contributed by atoms with Gasteiger partial charge in [0.2, 0.25) is 12.3 Å². The maximum atomic E-state index is 11.3. The van der Waals surface area contributed by atoms with Gasteiger partial charge in [-0.05, 0) is 30.2 Å². The standard InChI is InChI=1S/C24H22N6O2/c1-14-6-4-7-15(10-14)18(27-13-31)16-8-5-9-17(11-16)23-28-20-21-19(26-12-30(21)3)22(25-2)29-24(20)32-23/h4-13,18H,1-3H3,(H,25,29)(H,27,31). The maximum Gasteiger partial charge on any atom is 0.251 e. The molecule has 0 aliphatic rings. The van der Waals surface area contributed by atoms with Crippen molar-refractivity contribution in [2.24, 2.45) is 7.05 Å². The molecular weight excluding hydrogens is 404 g/mol. The quantitative estimate of drug-likeness (QED) is 0.399. The van der Waals surface area contributed by atoms with Gasteiger partial charge in [0.1, 0.15) is 11.0 Å². The van der Waals surface area contributed by atoms with Gasteiger partial charge in [0, 0.05) is 19.7 Å². The molecule has 3 aromatic heterocycles. The number of fused-ring (bicyclic) bond motifs is 3. The molecule has 1 atom stereocenters. The molecule has 32 heavy (non-hydrogen) atoms. The number of hydrogen-bond acceptors (Lipinski definition) is 6. The van der Waals surface area contributed by atoms with Crippen molar-refractivity contribution in [2.75, 3.05) is 12.4 Å². The van der Waals surface area contributed by atoms with Crippen LogP contribution < -0.4 is 10.6 Å². The molecule has 0 bridgehead atoms. The smallest absolute Gasteiger partial charge is 0.251 e. The van der Waals surface area contributed by atoms with E-state index in [0.29, 0.717) is 22.9 Å². The topological polar surface area (TPSA) is 97.9 Å². The summed E-state index contributed by atoms with van der Waals surface area (Å²) < 4.78 is 7.96. The minimum atomic E-state index is -0.283. The first-order valence-corrected chi connectivity index (χ1v) is 10.2. The SMILES string of the molecule is CNc1nc2oc(-c3cccc(C(NC=O)c4cccc(C)c4)c3)nc2c2c1ncn2C. The van der Waals surface area contributed by atoms with Crippen molar-refractivity contribution in [3.05, 3.63) is 71.5 Å². The third kappa shape index (κ3) is 3.26. The molecule has 0 radical (unpaired) electrons.